The largest absolute Gasteiger partial charge is 0.355 e. The van der Waals surface area contributed by atoms with E-state index < -0.39 is 0 Å². The number of rotatable bonds is 9. The van der Waals surface area contributed by atoms with Crippen LogP contribution in [0.2, 0.25) is 0 Å². The second-order valence-electron chi connectivity index (χ2n) is 7.94. The molecule has 150 valence electrons. The van der Waals surface area contributed by atoms with E-state index in [4.69, 9.17) is 0 Å². The van der Waals surface area contributed by atoms with Crippen molar-refractivity contribution >= 4 is 11.8 Å². The summed E-state index contributed by atoms with van der Waals surface area (Å²) in [6.07, 6.45) is 6.69. The molecule has 1 aliphatic rings. The average Bonchev–Trinajstić information content (AvgIpc) is 2.66. The van der Waals surface area contributed by atoms with Crippen LogP contribution in [-0.4, -0.2) is 31.4 Å². The Kier molecular flexibility index (Phi) is 8.79. The van der Waals surface area contributed by atoms with E-state index in [0.29, 0.717) is 24.9 Å². The molecule has 2 amide bonds. The minimum absolute atomic E-state index is 0.0511. The second kappa shape index (κ2) is 11.1. The lowest BCUT2D eigenvalue weighted by molar-refractivity contribution is -0.121. The molecular weight excluding hydrogens is 338 g/mol. The maximum Gasteiger partial charge on any atom is 0.234 e. The lowest BCUT2D eigenvalue weighted by Gasteiger charge is -2.25. The molecule has 0 heterocycles. The van der Waals surface area contributed by atoms with Crippen LogP contribution >= 0.6 is 0 Å². The van der Waals surface area contributed by atoms with Crippen molar-refractivity contribution in [3.05, 3.63) is 35.4 Å². The molecule has 5 nitrogen and oxygen atoms in total. The Morgan fingerprint density at radius 2 is 1.63 bits per heavy atom. The van der Waals surface area contributed by atoms with Gasteiger partial charge in [0.2, 0.25) is 11.8 Å². The van der Waals surface area contributed by atoms with Gasteiger partial charge in [0.05, 0.1) is 6.54 Å². The molecule has 2 rings (SSSR count). The van der Waals surface area contributed by atoms with Gasteiger partial charge in [0, 0.05) is 26.1 Å². The minimum Gasteiger partial charge on any atom is -0.355 e. The summed E-state index contributed by atoms with van der Waals surface area (Å²) in [7, 11) is 0. The molecule has 0 radical (unpaired) electrons. The molecule has 3 N–H and O–H groups in total. The molecule has 1 unspecified atom stereocenters. The number of amides is 2. The van der Waals surface area contributed by atoms with Gasteiger partial charge in [-0.15, -0.1) is 0 Å². The van der Waals surface area contributed by atoms with Gasteiger partial charge >= 0.3 is 0 Å². The fourth-order valence-electron chi connectivity index (χ4n) is 3.86. The van der Waals surface area contributed by atoms with Gasteiger partial charge in [-0.3, -0.25) is 9.59 Å². The average molecular weight is 374 g/mol. The van der Waals surface area contributed by atoms with Gasteiger partial charge in [-0.25, -0.2) is 0 Å². The van der Waals surface area contributed by atoms with Crippen molar-refractivity contribution < 1.29 is 9.59 Å². The molecule has 27 heavy (non-hydrogen) atoms. The highest BCUT2D eigenvalue weighted by molar-refractivity contribution is 5.78. The van der Waals surface area contributed by atoms with Crippen LogP contribution in [0.5, 0.6) is 0 Å². The summed E-state index contributed by atoms with van der Waals surface area (Å²) >= 11 is 0. The lowest BCUT2D eigenvalue weighted by atomic mass is 9.83. The van der Waals surface area contributed by atoms with Gasteiger partial charge in [0.25, 0.3) is 0 Å². The van der Waals surface area contributed by atoms with Crippen molar-refractivity contribution in [1.29, 1.82) is 0 Å². The number of hydrogen-bond acceptors (Lipinski definition) is 3. The third-order valence-corrected chi connectivity index (χ3v) is 5.34. The van der Waals surface area contributed by atoms with Crippen molar-refractivity contribution in [2.24, 2.45) is 5.92 Å². The van der Waals surface area contributed by atoms with Gasteiger partial charge in [-0.05, 0) is 35.8 Å². The SMILES string of the molecule is CC(=O)NCCNC(=O)CNC(c1ccc(C2CCCCC2)cc1)C(C)C. The maximum atomic E-state index is 12.0. The normalized spacial score (nSPS) is 16.1. The molecule has 0 spiro atoms. The molecule has 0 saturated heterocycles. The minimum atomic E-state index is -0.0843. The van der Waals surface area contributed by atoms with Gasteiger partial charge in [-0.2, -0.15) is 0 Å². The van der Waals surface area contributed by atoms with E-state index in [9.17, 15) is 9.59 Å². The molecule has 1 aromatic carbocycles. The zero-order valence-electron chi connectivity index (χ0n) is 17.0. The first-order valence-electron chi connectivity index (χ1n) is 10.3. The van der Waals surface area contributed by atoms with Crippen molar-refractivity contribution in [1.82, 2.24) is 16.0 Å². The van der Waals surface area contributed by atoms with Crippen molar-refractivity contribution in [2.45, 2.75) is 64.8 Å². The molecule has 1 atom stereocenters. The summed E-state index contributed by atoms with van der Waals surface area (Å²) in [5, 5.41) is 8.87. The number of carbonyl (C=O) groups excluding carboxylic acids is 2. The highest BCUT2D eigenvalue weighted by Gasteiger charge is 2.19. The van der Waals surface area contributed by atoms with Crippen LogP contribution in [0.3, 0.4) is 0 Å². The zero-order valence-corrected chi connectivity index (χ0v) is 17.0. The fraction of sp³-hybridized carbons (Fsp3) is 0.636. The molecule has 5 heteroatoms. The molecule has 1 fully saturated rings. The summed E-state index contributed by atoms with van der Waals surface area (Å²) < 4.78 is 0. The molecule has 1 aliphatic carbocycles. The Morgan fingerprint density at radius 3 is 2.22 bits per heavy atom. The van der Waals surface area contributed by atoms with Crippen molar-refractivity contribution in [3.8, 4) is 0 Å². The number of carbonyl (C=O) groups is 2. The Bertz CT molecular complexity index is 592. The van der Waals surface area contributed by atoms with Gasteiger partial charge in [-0.1, -0.05) is 57.4 Å². The third kappa shape index (κ3) is 7.33. The Hall–Kier alpha value is -1.88. The predicted molar refractivity (Wildman–Crippen MR) is 110 cm³/mol. The molecular formula is C22H35N3O2. The third-order valence-electron chi connectivity index (χ3n) is 5.34. The van der Waals surface area contributed by atoms with Crippen LogP contribution in [-0.2, 0) is 9.59 Å². The quantitative estimate of drug-likeness (QED) is 0.582. The summed E-state index contributed by atoms with van der Waals surface area (Å²) in [5.74, 6) is 0.967. The topological polar surface area (TPSA) is 70.2 Å². The zero-order chi connectivity index (χ0) is 19.6. The van der Waals surface area contributed by atoms with Crippen LogP contribution in [0, 0.1) is 5.92 Å². The smallest absolute Gasteiger partial charge is 0.234 e. The molecule has 1 aromatic rings. The van der Waals surface area contributed by atoms with Crippen LogP contribution in [0.25, 0.3) is 0 Å². The fourth-order valence-corrected chi connectivity index (χ4v) is 3.86. The van der Waals surface area contributed by atoms with Crippen LogP contribution < -0.4 is 16.0 Å². The van der Waals surface area contributed by atoms with Crippen molar-refractivity contribution in [2.75, 3.05) is 19.6 Å². The summed E-state index contributed by atoms with van der Waals surface area (Å²) in [4.78, 5) is 22.8. The van der Waals surface area contributed by atoms with E-state index >= 15 is 0 Å². The van der Waals surface area contributed by atoms with E-state index in [1.54, 1.807) is 0 Å². The van der Waals surface area contributed by atoms with Crippen molar-refractivity contribution in [3.63, 3.8) is 0 Å². The summed E-state index contributed by atoms with van der Waals surface area (Å²) in [6, 6.07) is 9.13. The van der Waals surface area contributed by atoms with Gasteiger partial charge in [0.15, 0.2) is 0 Å². The highest BCUT2D eigenvalue weighted by Crippen LogP contribution is 2.33. The highest BCUT2D eigenvalue weighted by atomic mass is 16.2. The molecule has 0 bridgehead atoms. The Labute approximate surface area is 163 Å². The number of nitrogens with one attached hydrogen (secondary N) is 3. The first-order chi connectivity index (χ1) is 13.0. The summed E-state index contributed by atoms with van der Waals surface area (Å²) in [5.41, 5.74) is 2.69. The Morgan fingerprint density at radius 1 is 1.00 bits per heavy atom. The van der Waals surface area contributed by atoms with E-state index in [0.717, 1.165) is 0 Å². The van der Waals surface area contributed by atoms with E-state index in [1.165, 1.54) is 50.2 Å². The first kappa shape index (κ1) is 21.4. The van der Waals surface area contributed by atoms with E-state index in [2.05, 4.69) is 54.1 Å². The van der Waals surface area contributed by atoms with E-state index in [-0.39, 0.29) is 24.4 Å². The molecule has 1 saturated carbocycles. The maximum absolute atomic E-state index is 12.0. The second-order valence-corrected chi connectivity index (χ2v) is 7.94. The molecule has 0 aliphatic heterocycles. The molecule has 0 aromatic heterocycles. The summed E-state index contributed by atoms with van der Waals surface area (Å²) in [6.45, 7) is 6.98. The van der Waals surface area contributed by atoms with Gasteiger partial charge in [0.1, 0.15) is 0 Å². The van der Waals surface area contributed by atoms with Crippen LogP contribution in [0.4, 0.5) is 0 Å². The van der Waals surface area contributed by atoms with Crippen LogP contribution in [0.1, 0.15) is 76.0 Å². The number of benzene rings is 1. The predicted octanol–water partition coefficient (Wildman–Crippen LogP) is 3.27. The standard InChI is InChI=1S/C22H35N3O2/c1-16(2)22(25-15-21(27)24-14-13-23-17(3)26)20-11-9-19(10-12-20)18-7-5-4-6-8-18/h9-12,16,18,22,25H,4-8,13-15H2,1-3H3,(H,23,26)(H,24,27). The number of hydrogen-bond donors (Lipinski definition) is 3. The van der Waals surface area contributed by atoms with Crippen LogP contribution in [0.15, 0.2) is 24.3 Å². The monoisotopic (exact) mass is 373 g/mol. The van der Waals surface area contributed by atoms with Gasteiger partial charge < -0.3 is 16.0 Å². The first-order valence-corrected chi connectivity index (χ1v) is 10.3. The lowest BCUT2D eigenvalue weighted by Crippen LogP contribution is -2.40. The van der Waals surface area contributed by atoms with E-state index in [1.807, 2.05) is 0 Å². The Balaban J connectivity index is 1.85.